The van der Waals surface area contributed by atoms with Gasteiger partial charge in [0.15, 0.2) is 0 Å². The minimum Gasteiger partial charge on any atom is -0.299 e. The number of thiazole rings is 1. The van der Waals surface area contributed by atoms with E-state index in [0.717, 1.165) is 10.7 Å². The Hall–Kier alpha value is -1.03. The molecule has 17 heavy (non-hydrogen) atoms. The molecule has 1 aromatic rings. The van der Waals surface area contributed by atoms with Crippen molar-refractivity contribution in [2.45, 2.75) is 51.4 Å². The number of carbonyl (C=O) groups is 2. The molecule has 1 saturated carbocycles. The van der Waals surface area contributed by atoms with Gasteiger partial charge in [-0.15, -0.1) is 11.3 Å². The molecule has 1 heterocycles. The van der Waals surface area contributed by atoms with Gasteiger partial charge in [0, 0.05) is 29.6 Å². The maximum absolute atomic E-state index is 11.4. The number of hydrogen-bond donors (Lipinski definition) is 0. The lowest BCUT2D eigenvalue weighted by molar-refractivity contribution is -0.130. The van der Waals surface area contributed by atoms with Crippen molar-refractivity contribution in [1.82, 2.24) is 4.98 Å². The van der Waals surface area contributed by atoms with Crippen molar-refractivity contribution in [3.8, 4) is 0 Å². The lowest BCUT2D eigenvalue weighted by Crippen LogP contribution is -2.21. The number of aromatic nitrogens is 1. The number of nitrogens with zero attached hydrogens (tertiary/aromatic N) is 1. The summed E-state index contributed by atoms with van der Waals surface area (Å²) in [5, 5.41) is 3.06. The molecule has 3 nitrogen and oxygen atoms in total. The van der Waals surface area contributed by atoms with Gasteiger partial charge in [-0.25, -0.2) is 4.98 Å². The molecular weight excluding hydrogens is 234 g/mol. The first kappa shape index (κ1) is 12.4. The van der Waals surface area contributed by atoms with Gasteiger partial charge in [-0.3, -0.25) is 9.59 Å². The van der Waals surface area contributed by atoms with Crippen LogP contribution in [0.3, 0.4) is 0 Å². The van der Waals surface area contributed by atoms with Gasteiger partial charge in [0.25, 0.3) is 0 Å². The molecule has 1 aliphatic carbocycles. The van der Waals surface area contributed by atoms with Crippen LogP contribution < -0.4 is 0 Å². The van der Waals surface area contributed by atoms with Gasteiger partial charge in [0.1, 0.15) is 11.6 Å². The van der Waals surface area contributed by atoms with Gasteiger partial charge in [0.2, 0.25) is 0 Å². The number of Topliss-reactive ketones (excluding diaryl/α,β-unsaturated/α-hetero) is 2. The maximum atomic E-state index is 11.4. The van der Waals surface area contributed by atoms with Crippen LogP contribution in [0.2, 0.25) is 0 Å². The van der Waals surface area contributed by atoms with Crippen molar-refractivity contribution in [1.29, 1.82) is 0 Å². The first-order valence-corrected chi connectivity index (χ1v) is 6.73. The highest BCUT2D eigenvalue weighted by Crippen LogP contribution is 2.33. The third-order valence-electron chi connectivity index (χ3n) is 2.92. The van der Waals surface area contributed by atoms with Gasteiger partial charge in [0.05, 0.1) is 17.1 Å². The van der Waals surface area contributed by atoms with Crippen LogP contribution in [0, 0.1) is 0 Å². The molecule has 0 amide bonds. The summed E-state index contributed by atoms with van der Waals surface area (Å²) in [7, 11) is 0. The topological polar surface area (TPSA) is 47.0 Å². The molecule has 1 aromatic heterocycles. The molecule has 1 aliphatic rings. The zero-order valence-corrected chi connectivity index (χ0v) is 11.3. The predicted molar refractivity (Wildman–Crippen MR) is 67.4 cm³/mol. The van der Waals surface area contributed by atoms with E-state index in [1.165, 1.54) is 0 Å². The number of ketones is 2. The van der Waals surface area contributed by atoms with E-state index < -0.39 is 0 Å². The SMILES string of the molecule is CC(C)(C)c1nc(C2CC(=O)CC(=O)C2)cs1. The monoisotopic (exact) mass is 251 g/mol. The molecule has 0 aromatic carbocycles. The van der Waals surface area contributed by atoms with Gasteiger partial charge < -0.3 is 0 Å². The highest BCUT2D eigenvalue weighted by atomic mass is 32.1. The molecule has 0 atom stereocenters. The Morgan fingerprint density at radius 3 is 2.29 bits per heavy atom. The van der Waals surface area contributed by atoms with Crippen LogP contribution in [0.5, 0.6) is 0 Å². The summed E-state index contributed by atoms with van der Waals surface area (Å²) in [5.41, 5.74) is 0.951. The second-order valence-corrected chi connectivity index (χ2v) is 6.54. The Balaban J connectivity index is 2.20. The normalized spacial score (nSPS) is 18.8. The van der Waals surface area contributed by atoms with Crippen LogP contribution in [0.1, 0.15) is 56.7 Å². The largest absolute Gasteiger partial charge is 0.299 e. The van der Waals surface area contributed by atoms with Gasteiger partial charge in [-0.05, 0) is 0 Å². The van der Waals surface area contributed by atoms with E-state index in [-0.39, 0.29) is 29.3 Å². The fourth-order valence-corrected chi connectivity index (χ4v) is 3.00. The average molecular weight is 251 g/mol. The van der Waals surface area contributed by atoms with Crippen molar-refractivity contribution in [3.63, 3.8) is 0 Å². The Bertz CT molecular complexity index is 440. The lowest BCUT2D eigenvalue weighted by atomic mass is 9.85. The fourth-order valence-electron chi connectivity index (χ4n) is 2.01. The summed E-state index contributed by atoms with van der Waals surface area (Å²) in [6, 6.07) is 0. The van der Waals surface area contributed by atoms with E-state index in [1.54, 1.807) is 11.3 Å². The summed E-state index contributed by atoms with van der Waals surface area (Å²) >= 11 is 1.62. The first-order valence-electron chi connectivity index (χ1n) is 5.85. The molecule has 0 aliphatic heterocycles. The predicted octanol–water partition coefficient (Wildman–Crippen LogP) is 2.85. The molecule has 1 fully saturated rings. The second-order valence-electron chi connectivity index (χ2n) is 5.69. The van der Waals surface area contributed by atoms with Crippen LogP contribution in [0.15, 0.2) is 5.38 Å². The highest BCUT2D eigenvalue weighted by Gasteiger charge is 2.29. The fraction of sp³-hybridized carbons (Fsp3) is 0.615. The zero-order chi connectivity index (χ0) is 12.6. The minimum absolute atomic E-state index is 0.0103. The molecule has 0 radical (unpaired) electrons. The van der Waals surface area contributed by atoms with E-state index in [4.69, 9.17) is 0 Å². The number of carbonyl (C=O) groups excluding carboxylic acids is 2. The molecular formula is C13H17NO2S. The molecule has 0 unspecified atom stereocenters. The Morgan fingerprint density at radius 2 is 1.82 bits per heavy atom. The second kappa shape index (κ2) is 4.33. The van der Waals surface area contributed by atoms with Crippen LogP contribution >= 0.6 is 11.3 Å². The van der Waals surface area contributed by atoms with Crippen molar-refractivity contribution >= 4 is 22.9 Å². The Kier molecular flexibility index (Phi) is 3.17. The Labute approximate surface area is 105 Å². The smallest absolute Gasteiger partial charge is 0.140 e. The van der Waals surface area contributed by atoms with Crippen LogP contribution in [-0.2, 0) is 15.0 Å². The van der Waals surface area contributed by atoms with Crippen molar-refractivity contribution < 1.29 is 9.59 Å². The summed E-state index contributed by atoms with van der Waals surface area (Å²) in [6.45, 7) is 6.35. The van der Waals surface area contributed by atoms with E-state index in [2.05, 4.69) is 25.8 Å². The molecule has 0 N–H and O–H groups in total. The van der Waals surface area contributed by atoms with Gasteiger partial charge in [-0.1, -0.05) is 20.8 Å². The van der Waals surface area contributed by atoms with E-state index in [0.29, 0.717) is 12.8 Å². The van der Waals surface area contributed by atoms with E-state index in [1.807, 2.05) is 5.38 Å². The quantitative estimate of drug-likeness (QED) is 0.721. The third kappa shape index (κ3) is 2.80. The molecule has 4 heteroatoms. The number of rotatable bonds is 1. The number of hydrogen-bond acceptors (Lipinski definition) is 4. The first-order chi connectivity index (χ1) is 7.86. The van der Waals surface area contributed by atoms with Crippen LogP contribution in [0.25, 0.3) is 0 Å². The van der Waals surface area contributed by atoms with Crippen LogP contribution in [0.4, 0.5) is 0 Å². The molecule has 0 saturated heterocycles. The minimum atomic E-state index is 0.0103. The Morgan fingerprint density at radius 1 is 1.24 bits per heavy atom. The zero-order valence-electron chi connectivity index (χ0n) is 10.4. The van der Waals surface area contributed by atoms with Crippen molar-refractivity contribution in [2.75, 3.05) is 0 Å². The van der Waals surface area contributed by atoms with Crippen molar-refractivity contribution in [3.05, 3.63) is 16.1 Å². The average Bonchev–Trinajstić information content (AvgIpc) is 2.63. The van der Waals surface area contributed by atoms with Gasteiger partial charge in [-0.2, -0.15) is 0 Å². The summed E-state index contributed by atoms with van der Waals surface area (Å²) in [5.74, 6) is 0.115. The summed E-state index contributed by atoms with van der Waals surface area (Å²) < 4.78 is 0. The van der Waals surface area contributed by atoms with Crippen molar-refractivity contribution in [2.24, 2.45) is 0 Å². The molecule has 0 spiro atoms. The molecule has 2 rings (SSSR count). The van der Waals surface area contributed by atoms with Crippen LogP contribution in [-0.4, -0.2) is 16.6 Å². The van der Waals surface area contributed by atoms with E-state index >= 15 is 0 Å². The standard InChI is InChI=1S/C13H17NO2S/c1-13(2,3)12-14-11(7-17-12)8-4-9(15)6-10(16)5-8/h7-8H,4-6H2,1-3H3. The lowest BCUT2D eigenvalue weighted by Gasteiger charge is -2.18. The maximum Gasteiger partial charge on any atom is 0.140 e. The van der Waals surface area contributed by atoms with E-state index in [9.17, 15) is 9.59 Å². The molecule has 0 bridgehead atoms. The third-order valence-corrected chi connectivity index (χ3v) is 4.21. The summed E-state index contributed by atoms with van der Waals surface area (Å²) in [4.78, 5) is 27.4. The highest BCUT2D eigenvalue weighted by molar-refractivity contribution is 7.09. The molecule has 92 valence electrons. The summed E-state index contributed by atoms with van der Waals surface area (Å²) in [6.07, 6.45) is 1.06. The van der Waals surface area contributed by atoms with Gasteiger partial charge >= 0.3 is 0 Å².